The molecular formula is C28H30N4O2. The number of rotatable bonds is 9. The van der Waals surface area contributed by atoms with Crippen molar-refractivity contribution in [2.45, 2.75) is 32.7 Å². The van der Waals surface area contributed by atoms with Crippen molar-refractivity contribution >= 4 is 17.2 Å². The number of carbonyl (C=O) groups excluding carboxylic acids is 2. The molecule has 0 unspecified atom stereocenters. The van der Waals surface area contributed by atoms with E-state index in [1.807, 2.05) is 37.3 Å². The SMILES string of the molecule is CCNC(=O)c1ccc2c(C(=O)[C@H](NC[C@H](C)c3ccc(C)cc3)c3ccccc3)cnn2c1. The molecule has 0 radical (unpaired) electrons. The van der Waals surface area contributed by atoms with E-state index in [0.29, 0.717) is 29.7 Å². The fourth-order valence-corrected chi connectivity index (χ4v) is 4.04. The lowest BCUT2D eigenvalue weighted by atomic mass is 9.95. The Bertz CT molecular complexity index is 1280. The molecule has 0 aliphatic carbocycles. The molecule has 6 nitrogen and oxygen atoms in total. The van der Waals surface area contributed by atoms with Crippen molar-refractivity contribution in [1.82, 2.24) is 20.2 Å². The first-order chi connectivity index (χ1) is 16.5. The van der Waals surface area contributed by atoms with Crippen molar-refractivity contribution in [2.24, 2.45) is 0 Å². The Kier molecular flexibility index (Phi) is 7.18. The highest BCUT2D eigenvalue weighted by atomic mass is 16.1. The van der Waals surface area contributed by atoms with E-state index in [1.54, 1.807) is 29.0 Å². The molecule has 4 rings (SSSR count). The lowest BCUT2D eigenvalue weighted by Gasteiger charge is -2.21. The summed E-state index contributed by atoms with van der Waals surface area (Å²) >= 11 is 0. The lowest BCUT2D eigenvalue weighted by molar-refractivity contribution is 0.0940. The van der Waals surface area contributed by atoms with Crippen LogP contribution in [-0.2, 0) is 0 Å². The number of fused-ring (bicyclic) bond motifs is 1. The molecular weight excluding hydrogens is 424 g/mol. The average molecular weight is 455 g/mol. The molecule has 0 aliphatic rings. The Hall–Kier alpha value is -3.77. The van der Waals surface area contributed by atoms with Crippen LogP contribution >= 0.6 is 0 Å². The first-order valence-electron chi connectivity index (χ1n) is 11.6. The van der Waals surface area contributed by atoms with Crippen LogP contribution < -0.4 is 10.6 Å². The van der Waals surface area contributed by atoms with Crippen molar-refractivity contribution in [3.8, 4) is 0 Å². The summed E-state index contributed by atoms with van der Waals surface area (Å²) in [7, 11) is 0. The number of nitrogens with zero attached hydrogens (tertiary/aromatic N) is 2. The summed E-state index contributed by atoms with van der Waals surface area (Å²) in [5.74, 6) is 0.0212. The van der Waals surface area contributed by atoms with Crippen LogP contribution in [-0.4, -0.2) is 34.4 Å². The summed E-state index contributed by atoms with van der Waals surface area (Å²) in [6.07, 6.45) is 3.24. The van der Waals surface area contributed by atoms with Crippen LogP contribution in [0, 0.1) is 6.92 Å². The van der Waals surface area contributed by atoms with Crippen LogP contribution in [0.2, 0.25) is 0 Å². The van der Waals surface area contributed by atoms with E-state index >= 15 is 0 Å². The van der Waals surface area contributed by atoms with Gasteiger partial charge in [0.2, 0.25) is 0 Å². The minimum atomic E-state index is -0.509. The molecule has 34 heavy (non-hydrogen) atoms. The fraction of sp³-hybridized carbons (Fsp3) is 0.250. The van der Waals surface area contributed by atoms with Gasteiger partial charge in [-0.15, -0.1) is 0 Å². The summed E-state index contributed by atoms with van der Waals surface area (Å²) in [6.45, 7) is 7.30. The Morgan fingerprint density at radius 3 is 2.41 bits per heavy atom. The highest BCUT2D eigenvalue weighted by molar-refractivity contribution is 6.06. The first kappa shape index (κ1) is 23.4. The fourth-order valence-electron chi connectivity index (χ4n) is 4.04. The highest BCUT2D eigenvalue weighted by Crippen LogP contribution is 2.24. The quantitative estimate of drug-likeness (QED) is 0.359. The summed E-state index contributed by atoms with van der Waals surface area (Å²) in [4.78, 5) is 25.9. The number of aryl methyl sites for hydroxylation is 1. The minimum Gasteiger partial charge on any atom is -0.352 e. The van der Waals surface area contributed by atoms with E-state index in [9.17, 15) is 9.59 Å². The lowest BCUT2D eigenvalue weighted by Crippen LogP contribution is -2.31. The number of ketones is 1. The van der Waals surface area contributed by atoms with Gasteiger partial charge in [0, 0.05) is 19.3 Å². The van der Waals surface area contributed by atoms with Crippen molar-refractivity contribution < 1.29 is 9.59 Å². The standard InChI is InChI=1S/C28H30N4O2/c1-4-29-28(34)23-14-15-25-24(17-31-32(25)18-23)27(33)26(22-8-6-5-7-9-22)30-16-20(3)21-12-10-19(2)11-13-21/h5-15,17-18,20,26,30H,4,16H2,1-3H3,(H,29,34)/t20-,26+/m0/s1. The topological polar surface area (TPSA) is 75.5 Å². The maximum absolute atomic E-state index is 13.7. The van der Waals surface area contributed by atoms with E-state index in [0.717, 1.165) is 5.56 Å². The van der Waals surface area contributed by atoms with E-state index < -0.39 is 6.04 Å². The molecule has 0 bridgehead atoms. The molecule has 4 aromatic rings. The number of pyridine rings is 1. The van der Waals surface area contributed by atoms with Crippen LogP contribution in [0.3, 0.4) is 0 Å². The Balaban J connectivity index is 1.60. The van der Waals surface area contributed by atoms with E-state index in [4.69, 9.17) is 0 Å². The molecule has 0 aliphatic heterocycles. The Morgan fingerprint density at radius 2 is 1.71 bits per heavy atom. The number of aromatic nitrogens is 2. The third-order valence-corrected chi connectivity index (χ3v) is 6.05. The van der Waals surface area contributed by atoms with E-state index in [1.165, 1.54) is 11.1 Å². The number of amides is 1. The smallest absolute Gasteiger partial charge is 0.252 e. The van der Waals surface area contributed by atoms with Crippen molar-refractivity contribution in [3.05, 3.63) is 107 Å². The highest BCUT2D eigenvalue weighted by Gasteiger charge is 2.25. The number of hydrogen-bond acceptors (Lipinski definition) is 4. The van der Waals surface area contributed by atoms with Gasteiger partial charge in [0.05, 0.1) is 28.9 Å². The molecule has 2 aromatic carbocycles. The largest absolute Gasteiger partial charge is 0.352 e. The van der Waals surface area contributed by atoms with Gasteiger partial charge in [0.15, 0.2) is 5.78 Å². The molecule has 6 heteroatoms. The molecule has 0 fully saturated rings. The number of benzene rings is 2. The van der Waals surface area contributed by atoms with Gasteiger partial charge >= 0.3 is 0 Å². The van der Waals surface area contributed by atoms with Gasteiger partial charge in [-0.3, -0.25) is 9.59 Å². The summed E-state index contributed by atoms with van der Waals surface area (Å²) < 4.78 is 1.59. The van der Waals surface area contributed by atoms with E-state index in [2.05, 4.69) is 53.8 Å². The van der Waals surface area contributed by atoms with Gasteiger partial charge in [-0.2, -0.15) is 5.10 Å². The van der Waals surface area contributed by atoms with Gasteiger partial charge in [0.25, 0.3) is 5.91 Å². The van der Waals surface area contributed by atoms with Gasteiger partial charge < -0.3 is 10.6 Å². The second-order valence-electron chi connectivity index (χ2n) is 8.59. The summed E-state index contributed by atoms with van der Waals surface area (Å²) in [5, 5.41) is 10.6. The van der Waals surface area contributed by atoms with Crippen LogP contribution in [0.15, 0.2) is 79.1 Å². The minimum absolute atomic E-state index is 0.0527. The third kappa shape index (κ3) is 5.07. The zero-order valence-corrected chi connectivity index (χ0v) is 19.8. The van der Waals surface area contributed by atoms with Gasteiger partial charge in [-0.05, 0) is 43.0 Å². The molecule has 0 saturated carbocycles. The molecule has 174 valence electrons. The zero-order chi connectivity index (χ0) is 24.1. The van der Waals surface area contributed by atoms with Crippen molar-refractivity contribution in [3.63, 3.8) is 0 Å². The molecule has 2 aromatic heterocycles. The van der Waals surface area contributed by atoms with Crippen LogP contribution in [0.4, 0.5) is 0 Å². The molecule has 0 spiro atoms. The second-order valence-corrected chi connectivity index (χ2v) is 8.59. The van der Waals surface area contributed by atoms with E-state index in [-0.39, 0.29) is 17.6 Å². The molecule has 2 heterocycles. The zero-order valence-electron chi connectivity index (χ0n) is 19.8. The van der Waals surface area contributed by atoms with Gasteiger partial charge in [-0.1, -0.05) is 67.1 Å². The van der Waals surface area contributed by atoms with Crippen LogP contribution in [0.5, 0.6) is 0 Å². The van der Waals surface area contributed by atoms with Crippen molar-refractivity contribution in [1.29, 1.82) is 0 Å². The second kappa shape index (κ2) is 10.4. The predicted molar refractivity (Wildman–Crippen MR) is 134 cm³/mol. The van der Waals surface area contributed by atoms with Gasteiger partial charge in [0.1, 0.15) is 0 Å². The number of nitrogens with one attached hydrogen (secondary N) is 2. The maximum atomic E-state index is 13.7. The number of hydrogen-bond donors (Lipinski definition) is 2. The Morgan fingerprint density at radius 1 is 0.971 bits per heavy atom. The number of carbonyl (C=O) groups is 2. The summed E-state index contributed by atoms with van der Waals surface area (Å²) in [6, 6.07) is 21.2. The van der Waals surface area contributed by atoms with Gasteiger partial charge in [-0.25, -0.2) is 4.52 Å². The van der Waals surface area contributed by atoms with Crippen LogP contribution in [0.25, 0.3) is 5.52 Å². The molecule has 0 saturated heterocycles. The average Bonchev–Trinajstić information content (AvgIpc) is 3.28. The molecule has 2 N–H and O–H groups in total. The third-order valence-electron chi connectivity index (χ3n) is 6.05. The predicted octanol–water partition coefficient (Wildman–Crippen LogP) is 4.71. The monoisotopic (exact) mass is 454 g/mol. The molecule has 2 atom stereocenters. The summed E-state index contributed by atoms with van der Waals surface area (Å²) in [5.41, 5.74) is 5.05. The Labute approximate surface area is 200 Å². The first-order valence-corrected chi connectivity index (χ1v) is 11.6. The molecule has 1 amide bonds. The number of Topliss-reactive ketones (excluding diaryl/α,β-unsaturated/α-hetero) is 1. The van der Waals surface area contributed by atoms with Crippen molar-refractivity contribution in [2.75, 3.05) is 13.1 Å². The van der Waals surface area contributed by atoms with Crippen LogP contribution in [0.1, 0.15) is 63.2 Å². The maximum Gasteiger partial charge on any atom is 0.252 e. The normalized spacial score (nSPS) is 12.9.